The van der Waals surface area contributed by atoms with Crippen LogP contribution in [0, 0.1) is 12.8 Å². The van der Waals surface area contributed by atoms with E-state index in [9.17, 15) is 4.79 Å². The van der Waals surface area contributed by atoms with Crippen LogP contribution in [0.3, 0.4) is 0 Å². The van der Waals surface area contributed by atoms with Crippen molar-refractivity contribution in [3.63, 3.8) is 0 Å². The van der Waals surface area contributed by atoms with E-state index >= 15 is 0 Å². The third-order valence-corrected chi connectivity index (χ3v) is 3.92. The quantitative estimate of drug-likeness (QED) is 0.752. The van der Waals surface area contributed by atoms with Crippen LogP contribution in [0.5, 0.6) is 0 Å². The first-order valence-electron chi connectivity index (χ1n) is 8.28. The molecule has 0 spiro atoms. The van der Waals surface area contributed by atoms with Crippen LogP contribution in [0.25, 0.3) is 11.4 Å². The summed E-state index contributed by atoms with van der Waals surface area (Å²) < 4.78 is 1.86. The van der Waals surface area contributed by atoms with Crippen LogP contribution in [0.2, 0.25) is 0 Å². The van der Waals surface area contributed by atoms with Gasteiger partial charge in [0.15, 0.2) is 5.82 Å². The number of hydrogen-bond acceptors (Lipinski definition) is 4. The molecule has 0 saturated heterocycles. The van der Waals surface area contributed by atoms with Crippen LogP contribution in [0.4, 0.5) is 0 Å². The lowest BCUT2D eigenvalue weighted by Crippen LogP contribution is -2.30. The minimum absolute atomic E-state index is 0.149. The van der Waals surface area contributed by atoms with Crippen molar-refractivity contribution in [1.82, 2.24) is 25.1 Å². The summed E-state index contributed by atoms with van der Waals surface area (Å²) >= 11 is 0. The Morgan fingerprint density at radius 3 is 2.72 bits per heavy atom. The molecule has 0 radical (unpaired) electrons. The number of benzene rings is 1. The summed E-state index contributed by atoms with van der Waals surface area (Å²) in [6.07, 6.45) is 5.26. The second-order valence-electron chi connectivity index (χ2n) is 6.10. The highest BCUT2D eigenvalue weighted by molar-refractivity contribution is 5.95. The molecule has 0 aliphatic rings. The van der Waals surface area contributed by atoms with Gasteiger partial charge in [-0.05, 0) is 18.9 Å². The van der Waals surface area contributed by atoms with E-state index < -0.39 is 0 Å². The zero-order chi connectivity index (χ0) is 17.6. The minimum Gasteiger partial charge on any atom is -0.352 e. The summed E-state index contributed by atoms with van der Waals surface area (Å²) in [5.41, 5.74) is 2.11. The number of amides is 1. The molecule has 128 valence electrons. The fourth-order valence-electron chi connectivity index (χ4n) is 2.57. The van der Waals surface area contributed by atoms with Crippen LogP contribution in [-0.2, 0) is 6.54 Å². The van der Waals surface area contributed by atoms with E-state index in [1.807, 2.05) is 54.2 Å². The predicted octanol–water partition coefficient (Wildman–Crippen LogP) is 2.71. The molecule has 0 aliphatic heterocycles. The zero-order valence-electron chi connectivity index (χ0n) is 14.4. The highest BCUT2D eigenvalue weighted by atomic mass is 16.1. The Morgan fingerprint density at radius 1 is 1.24 bits per heavy atom. The maximum absolute atomic E-state index is 12.4. The Hall–Kier alpha value is -3.02. The van der Waals surface area contributed by atoms with Crippen LogP contribution in [0.15, 0.2) is 55.0 Å². The average Bonchev–Trinajstić information content (AvgIpc) is 3.13. The molecule has 1 atom stereocenters. The molecule has 0 saturated carbocycles. The second-order valence-corrected chi connectivity index (χ2v) is 6.10. The Balaban J connectivity index is 1.62. The summed E-state index contributed by atoms with van der Waals surface area (Å²) in [7, 11) is 0. The third-order valence-electron chi connectivity index (χ3n) is 3.92. The van der Waals surface area contributed by atoms with Gasteiger partial charge in [0.05, 0.1) is 11.3 Å². The molecule has 2 aromatic heterocycles. The number of hydrogen-bond donors (Lipinski definition) is 1. The van der Waals surface area contributed by atoms with Crippen LogP contribution in [-0.4, -0.2) is 32.2 Å². The molecule has 2 heterocycles. The molecule has 1 N–H and O–H groups in total. The number of aryl methyl sites for hydroxylation is 1. The van der Waals surface area contributed by atoms with Crippen LogP contribution < -0.4 is 5.32 Å². The van der Waals surface area contributed by atoms with Crippen molar-refractivity contribution in [3.05, 3.63) is 66.2 Å². The highest BCUT2D eigenvalue weighted by Gasteiger charge is 2.13. The summed E-state index contributed by atoms with van der Waals surface area (Å²) in [4.78, 5) is 21.2. The molecule has 1 unspecified atom stereocenters. The van der Waals surface area contributed by atoms with Gasteiger partial charge in [0.2, 0.25) is 0 Å². The van der Waals surface area contributed by atoms with Gasteiger partial charge in [-0.2, -0.15) is 5.10 Å². The van der Waals surface area contributed by atoms with Crippen LogP contribution >= 0.6 is 0 Å². The molecular formula is C19H21N5O. The molecule has 0 aliphatic carbocycles. The molecule has 1 aromatic carbocycles. The topological polar surface area (TPSA) is 72.7 Å². The summed E-state index contributed by atoms with van der Waals surface area (Å²) in [5.74, 6) is 0.750. The molecule has 25 heavy (non-hydrogen) atoms. The molecule has 0 fully saturated rings. The number of aromatic nitrogens is 4. The Labute approximate surface area is 146 Å². The Kier molecular flexibility index (Phi) is 5.18. The first kappa shape index (κ1) is 16.8. The molecule has 3 aromatic rings. The van der Waals surface area contributed by atoms with Gasteiger partial charge in [0.25, 0.3) is 5.91 Å². The van der Waals surface area contributed by atoms with E-state index in [0.717, 1.165) is 12.1 Å². The van der Waals surface area contributed by atoms with E-state index in [1.54, 1.807) is 12.4 Å². The van der Waals surface area contributed by atoms with E-state index in [-0.39, 0.29) is 11.8 Å². The van der Waals surface area contributed by atoms with Crippen molar-refractivity contribution >= 4 is 5.91 Å². The Morgan fingerprint density at radius 2 is 2.04 bits per heavy atom. The number of nitrogens with zero attached hydrogens (tertiary/aromatic N) is 4. The molecule has 6 heteroatoms. The van der Waals surface area contributed by atoms with Gasteiger partial charge < -0.3 is 5.32 Å². The van der Waals surface area contributed by atoms with Crippen molar-refractivity contribution in [2.24, 2.45) is 5.92 Å². The SMILES string of the molecule is Cc1nc(-c2ccccc2)ncc1C(=O)NCC(C)Cn1cccn1. The number of carbonyl (C=O) groups is 1. The van der Waals surface area contributed by atoms with Crippen LogP contribution in [0.1, 0.15) is 23.0 Å². The highest BCUT2D eigenvalue weighted by Crippen LogP contribution is 2.15. The maximum Gasteiger partial charge on any atom is 0.254 e. The number of rotatable bonds is 6. The van der Waals surface area contributed by atoms with E-state index in [1.165, 1.54) is 0 Å². The number of carbonyl (C=O) groups excluding carboxylic acids is 1. The fourth-order valence-corrected chi connectivity index (χ4v) is 2.57. The van der Waals surface area contributed by atoms with Gasteiger partial charge in [-0.25, -0.2) is 9.97 Å². The van der Waals surface area contributed by atoms with Gasteiger partial charge >= 0.3 is 0 Å². The summed E-state index contributed by atoms with van der Waals surface area (Å²) in [5, 5.41) is 7.13. The summed E-state index contributed by atoms with van der Waals surface area (Å²) in [6, 6.07) is 11.6. The lowest BCUT2D eigenvalue weighted by atomic mass is 10.1. The van der Waals surface area contributed by atoms with Crippen molar-refractivity contribution in [3.8, 4) is 11.4 Å². The van der Waals surface area contributed by atoms with Crippen molar-refractivity contribution in [1.29, 1.82) is 0 Å². The molecular weight excluding hydrogens is 314 g/mol. The van der Waals surface area contributed by atoms with Gasteiger partial charge in [-0.1, -0.05) is 37.3 Å². The normalized spacial score (nSPS) is 11.9. The third kappa shape index (κ3) is 4.29. The lowest BCUT2D eigenvalue weighted by molar-refractivity contribution is 0.0945. The smallest absolute Gasteiger partial charge is 0.254 e. The summed E-state index contributed by atoms with van der Waals surface area (Å²) in [6.45, 7) is 5.23. The Bertz CT molecular complexity index is 830. The monoisotopic (exact) mass is 335 g/mol. The second kappa shape index (κ2) is 7.70. The molecule has 0 bridgehead atoms. The molecule has 3 rings (SSSR count). The molecule has 1 amide bonds. The van der Waals surface area contributed by atoms with Gasteiger partial charge in [-0.3, -0.25) is 9.48 Å². The van der Waals surface area contributed by atoms with Gasteiger partial charge in [-0.15, -0.1) is 0 Å². The largest absolute Gasteiger partial charge is 0.352 e. The molecule has 6 nitrogen and oxygen atoms in total. The van der Waals surface area contributed by atoms with Gasteiger partial charge in [0.1, 0.15) is 0 Å². The van der Waals surface area contributed by atoms with E-state index in [4.69, 9.17) is 0 Å². The first-order valence-corrected chi connectivity index (χ1v) is 8.28. The zero-order valence-corrected chi connectivity index (χ0v) is 14.4. The van der Waals surface area contributed by atoms with E-state index in [0.29, 0.717) is 23.6 Å². The minimum atomic E-state index is -0.149. The first-order chi connectivity index (χ1) is 12.1. The number of nitrogens with one attached hydrogen (secondary N) is 1. The lowest BCUT2D eigenvalue weighted by Gasteiger charge is -2.13. The van der Waals surface area contributed by atoms with Crippen molar-refractivity contribution in [2.75, 3.05) is 6.54 Å². The van der Waals surface area contributed by atoms with Crippen molar-refractivity contribution in [2.45, 2.75) is 20.4 Å². The maximum atomic E-state index is 12.4. The fraction of sp³-hybridized carbons (Fsp3) is 0.263. The average molecular weight is 335 g/mol. The standard InChI is InChI=1S/C19H21N5O/c1-14(13-24-10-6-9-22-24)11-21-19(25)17-12-20-18(23-15(17)2)16-7-4-3-5-8-16/h3-10,12,14H,11,13H2,1-2H3,(H,21,25). The van der Waals surface area contributed by atoms with Crippen molar-refractivity contribution < 1.29 is 4.79 Å². The predicted molar refractivity (Wildman–Crippen MR) is 95.9 cm³/mol. The van der Waals surface area contributed by atoms with Gasteiger partial charge in [0, 0.05) is 37.2 Å². The van der Waals surface area contributed by atoms with E-state index in [2.05, 4.69) is 27.3 Å².